The number of para-hydroxylation sites is 1. The second kappa shape index (κ2) is 9.78. The van der Waals surface area contributed by atoms with E-state index >= 15 is 0 Å². The van der Waals surface area contributed by atoms with Gasteiger partial charge in [-0.3, -0.25) is 9.59 Å². The van der Waals surface area contributed by atoms with E-state index in [4.69, 9.17) is 15.5 Å². The Bertz CT molecular complexity index is 1820. The van der Waals surface area contributed by atoms with Gasteiger partial charge in [-0.15, -0.1) is 0 Å². The van der Waals surface area contributed by atoms with Gasteiger partial charge in [0, 0.05) is 55.8 Å². The molecule has 0 aliphatic carbocycles. The van der Waals surface area contributed by atoms with Crippen LogP contribution in [0.3, 0.4) is 0 Å². The zero-order valence-corrected chi connectivity index (χ0v) is 23.2. The number of carbonyl (C=O) groups excluding carboxylic acids is 2. The second-order valence-corrected chi connectivity index (χ2v) is 10.9. The van der Waals surface area contributed by atoms with Crippen molar-refractivity contribution in [3.8, 4) is 17.3 Å². The first kappa shape index (κ1) is 25.3. The summed E-state index contributed by atoms with van der Waals surface area (Å²) in [5, 5.41) is 1.04. The highest BCUT2D eigenvalue weighted by Crippen LogP contribution is 2.39. The number of amides is 2. The molecule has 7 rings (SSSR count). The summed E-state index contributed by atoms with van der Waals surface area (Å²) >= 11 is 0. The van der Waals surface area contributed by atoms with E-state index in [1.165, 1.54) is 0 Å². The van der Waals surface area contributed by atoms with Gasteiger partial charge in [0.25, 0.3) is 11.8 Å². The van der Waals surface area contributed by atoms with Crippen molar-refractivity contribution in [3.63, 3.8) is 0 Å². The molecule has 1 atom stereocenters. The maximum absolute atomic E-state index is 13.4. The minimum absolute atomic E-state index is 0.00376. The van der Waals surface area contributed by atoms with Gasteiger partial charge in [-0.05, 0) is 49.2 Å². The lowest BCUT2D eigenvalue weighted by molar-refractivity contribution is 0.0708. The van der Waals surface area contributed by atoms with E-state index in [1.54, 1.807) is 13.2 Å². The first-order valence-corrected chi connectivity index (χ1v) is 14.0. The Kier molecular flexibility index (Phi) is 6.04. The number of benzene rings is 3. The van der Waals surface area contributed by atoms with Crippen LogP contribution in [-0.4, -0.2) is 63.6 Å². The molecule has 0 saturated carbocycles. The van der Waals surface area contributed by atoms with Crippen LogP contribution >= 0.6 is 0 Å². The molecule has 0 bridgehead atoms. The molecule has 208 valence electrons. The topological polar surface area (TPSA) is 98.6 Å². The summed E-state index contributed by atoms with van der Waals surface area (Å²) in [6.07, 6.45) is 1.84. The first-order chi connectivity index (χ1) is 19.9. The van der Waals surface area contributed by atoms with Crippen molar-refractivity contribution in [3.05, 3.63) is 77.9 Å². The predicted molar refractivity (Wildman–Crippen MR) is 159 cm³/mol. The maximum Gasteiger partial charge on any atom is 0.258 e. The number of nitrogens with zero attached hydrogens (tertiary/aromatic N) is 5. The number of hydrogen-bond donors (Lipinski definition) is 1. The van der Waals surface area contributed by atoms with Gasteiger partial charge in [0.05, 0.1) is 29.5 Å². The highest BCUT2D eigenvalue weighted by Gasteiger charge is 2.29. The standard InChI is InChI=1S/C32H32N6O3/c1-35-29-24(16-22(18-27(29)41-2)31(39)36-13-7-11-23(33)19-36)34-30(35)26-17-21-10-6-12-25-28(21)37(26)14-15-38(25)32(40)20-8-4-3-5-9-20/h3-6,8-10,12,16-18,23H,7,11,13-15,19,33H2,1-2H3/t23-/m1/s1. The number of anilines is 1. The minimum Gasteiger partial charge on any atom is -0.494 e. The van der Waals surface area contributed by atoms with E-state index in [1.807, 2.05) is 69.9 Å². The van der Waals surface area contributed by atoms with E-state index in [0.717, 1.165) is 46.5 Å². The third-order valence-corrected chi connectivity index (χ3v) is 8.38. The first-order valence-electron chi connectivity index (χ1n) is 14.0. The molecule has 9 heteroatoms. The predicted octanol–water partition coefficient (Wildman–Crippen LogP) is 4.43. The lowest BCUT2D eigenvalue weighted by atomic mass is 10.0. The lowest BCUT2D eigenvalue weighted by Crippen LogP contribution is -2.45. The molecular formula is C32H32N6O3. The number of likely N-dealkylation sites (tertiary alicyclic amines) is 1. The van der Waals surface area contributed by atoms with Crippen LogP contribution in [0.25, 0.3) is 33.5 Å². The molecule has 4 heterocycles. The number of imidazole rings is 1. The van der Waals surface area contributed by atoms with Crippen LogP contribution in [0.15, 0.2) is 66.7 Å². The van der Waals surface area contributed by atoms with Crippen molar-refractivity contribution in [1.29, 1.82) is 0 Å². The molecule has 2 N–H and O–H groups in total. The lowest BCUT2D eigenvalue weighted by Gasteiger charge is -2.30. The molecule has 2 aliphatic rings. The molecule has 2 aromatic heterocycles. The van der Waals surface area contributed by atoms with Gasteiger partial charge in [-0.25, -0.2) is 4.98 Å². The van der Waals surface area contributed by atoms with Crippen molar-refractivity contribution < 1.29 is 14.3 Å². The largest absolute Gasteiger partial charge is 0.494 e. The second-order valence-electron chi connectivity index (χ2n) is 10.9. The molecule has 9 nitrogen and oxygen atoms in total. The third-order valence-electron chi connectivity index (χ3n) is 8.38. The fourth-order valence-electron chi connectivity index (χ4n) is 6.40. The molecule has 2 aliphatic heterocycles. The molecule has 2 amide bonds. The van der Waals surface area contributed by atoms with E-state index in [-0.39, 0.29) is 17.9 Å². The highest BCUT2D eigenvalue weighted by atomic mass is 16.5. The van der Waals surface area contributed by atoms with Crippen LogP contribution in [0.4, 0.5) is 5.69 Å². The summed E-state index contributed by atoms with van der Waals surface area (Å²) in [6.45, 7) is 2.44. The zero-order valence-electron chi connectivity index (χ0n) is 23.2. The van der Waals surface area contributed by atoms with Crippen molar-refractivity contribution in [2.24, 2.45) is 12.8 Å². The number of piperidine rings is 1. The number of methoxy groups -OCH3 is 1. The molecule has 0 unspecified atom stereocenters. The number of rotatable bonds is 4. The van der Waals surface area contributed by atoms with Crippen LogP contribution < -0.4 is 15.4 Å². The number of carbonyl (C=O) groups is 2. The van der Waals surface area contributed by atoms with Crippen LogP contribution in [0.1, 0.15) is 33.6 Å². The van der Waals surface area contributed by atoms with Crippen LogP contribution in [0, 0.1) is 0 Å². The Morgan fingerprint density at radius 3 is 2.54 bits per heavy atom. The number of aromatic nitrogens is 3. The Morgan fingerprint density at radius 1 is 0.927 bits per heavy atom. The van der Waals surface area contributed by atoms with E-state index in [0.29, 0.717) is 48.6 Å². The number of hydrogen-bond acceptors (Lipinski definition) is 5. The molecule has 5 aromatic rings. The van der Waals surface area contributed by atoms with Gasteiger partial charge in [0.2, 0.25) is 0 Å². The van der Waals surface area contributed by atoms with Gasteiger partial charge in [0.1, 0.15) is 11.3 Å². The van der Waals surface area contributed by atoms with Crippen molar-refractivity contribution in [2.75, 3.05) is 31.6 Å². The van der Waals surface area contributed by atoms with Gasteiger partial charge in [0.15, 0.2) is 5.82 Å². The highest BCUT2D eigenvalue weighted by molar-refractivity contribution is 6.11. The summed E-state index contributed by atoms with van der Waals surface area (Å²) in [7, 11) is 3.59. The Morgan fingerprint density at radius 2 is 1.76 bits per heavy atom. The number of nitrogens with two attached hydrogens (primary N) is 1. The molecular weight excluding hydrogens is 516 g/mol. The normalized spacial score (nSPS) is 16.9. The summed E-state index contributed by atoms with van der Waals surface area (Å²) in [4.78, 5) is 35.6. The Balaban J connectivity index is 1.32. The van der Waals surface area contributed by atoms with Gasteiger partial charge in [-0.2, -0.15) is 0 Å². The number of fused-ring (bicyclic) bond motifs is 1. The average Bonchev–Trinajstić information content (AvgIpc) is 3.55. The summed E-state index contributed by atoms with van der Waals surface area (Å²) < 4.78 is 10.0. The van der Waals surface area contributed by atoms with Crippen molar-refractivity contribution >= 4 is 39.4 Å². The average molecular weight is 549 g/mol. The molecule has 1 saturated heterocycles. The molecule has 3 aromatic carbocycles. The molecule has 1 fully saturated rings. The van der Waals surface area contributed by atoms with Gasteiger partial charge >= 0.3 is 0 Å². The van der Waals surface area contributed by atoms with E-state index in [2.05, 4.69) is 16.7 Å². The Hall–Kier alpha value is -4.63. The van der Waals surface area contributed by atoms with Gasteiger partial charge < -0.3 is 29.4 Å². The third kappa shape index (κ3) is 4.07. The monoisotopic (exact) mass is 548 g/mol. The van der Waals surface area contributed by atoms with E-state index in [9.17, 15) is 9.59 Å². The Labute approximate surface area is 237 Å². The van der Waals surface area contributed by atoms with Crippen molar-refractivity contribution in [2.45, 2.75) is 25.4 Å². The SMILES string of the molecule is COc1cc(C(=O)N2CCC[C@@H](N)C2)cc2nc(-c3cc4cccc5c4n3CCN5C(=O)c3ccccc3)n(C)c12. The van der Waals surface area contributed by atoms with Crippen LogP contribution in [0.5, 0.6) is 5.75 Å². The number of aryl methyl sites for hydroxylation is 1. The van der Waals surface area contributed by atoms with E-state index < -0.39 is 0 Å². The minimum atomic E-state index is -0.0520. The molecule has 0 spiro atoms. The quantitative estimate of drug-likeness (QED) is 0.358. The van der Waals surface area contributed by atoms with Crippen molar-refractivity contribution in [1.82, 2.24) is 19.0 Å². The number of ether oxygens (including phenoxy) is 1. The summed E-state index contributed by atoms with van der Waals surface area (Å²) in [6, 6.07) is 21.3. The smallest absolute Gasteiger partial charge is 0.258 e. The zero-order chi connectivity index (χ0) is 28.2. The summed E-state index contributed by atoms with van der Waals surface area (Å²) in [5.74, 6) is 1.31. The fraction of sp³-hybridized carbons (Fsp3) is 0.281. The molecule has 41 heavy (non-hydrogen) atoms. The molecule has 0 radical (unpaired) electrons. The maximum atomic E-state index is 13.4. The fourth-order valence-corrected chi connectivity index (χ4v) is 6.40. The van der Waals surface area contributed by atoms with Crippen LogP contribution in [0.2, 0.25) is 0 Å². The van der Waals surface area contributed by atoms with Gasteiger partial charge in [-0.1, -0.05) is 30.3 Å². The van der Waals surface area contributed by atoms with Crippen LogP contribution in [-0.2, 0) is 13.6 Å². The summed E-state index contributed by atoms with van der Waals surface area (Å²) in [5.41, 5.74) is 11.7.